The zero-order valence-electron chi connectivity index (χ0n) is 14.1. The van der Waals surface area contributed by atoms with Crippen LogP contribution in [-0.2, 0) is 10.0 Å². The van der Waals surface area contributed by atoms with Crippen molar-refractivity contribution in [2.75, 3.05) is 4.72 Å². The summed E-state index contributed by atoms with van der Waals surface area (Å²) in [4.78, 5) is 0.194. The zero-order chi connectivity index (χ0) is 18.7. The lowest BCUT2D eigenvalue weighted by atomic mass is 10.2. The van der Waals surface area contributed by atoms with Crippen molar-refractivity contribution < 1.29 is 12.8 Å². The highest BCUT2D eigenvalue weighted by Crippen LogP contribution is 2.26. The Labute approximate surface area is 156 Å². The van der Waals surface area contributed by atoms with Gasteiger partial charge in [0.05, 0.1) is 4.90 Å². The molecule has 134 valence electrons. The summed E-state index contributed by atoms with van der Waals surface area (Å²) in [7, 11) is -3.67. The highest BCUT2D eigenvalue weighted by Gasteiger charge is 2.15. The van der Waals surface area contributed by atoms with Gasteiger partial charge in [0.2, 0.25) is 11.8 Å². The minimum absolute atomic E-state index is 0.194. The first-order valence-electron chi connectivity index (χ1n) is 8.19. The van der Waals surface area contributed by atoms with E-state index in [1.165, 1.54) is 12.1 Å². The van der Waals surface area contributed by atoms with Crippen LogP contribution in [0.1, 0.15) is 0 Å². The lowest BCUT2D eigenvalue weighted by Crippen LogP contribution is -2.12. The van der Waals surface area contributed by atoms with Crippen molar-refractivity contribution in [3.8, 4) is 22.9 Å². The van der Waals surface area contributed by atoms with Crippen LogP contribution in [0.3, 0.4) is 0 Å². The highest BCUT2D eigenvalue weighted by molar-refractivity contribution is 7.92. The van der Waals surface area contributed by atoms with Crippen molar-refractivity contribution in [2.24, 2.45) is 0 Å². The summed E-state index contributed by atoms with van der Waals surface area (Å²) in [5.41, 5.74) is 1.85. The molecule has 0 spiro atoms. The third kappa shape index (κ3) is 3.73. The summed E-state index contributed by atoms with van der Waals surface area (Å²) in [5.74, 6) is 0.718. The smallest absolute Gasteiger partial charge is 0.261 e. The van der Waals surface area contributed by atoms with E-state index in [-0.39, 0.29) is 4.90 Å². The predicted octanol–water partition coefficient (Wildman–Crippen LogP) is 4.20. The van der Waals surface area contributed by atoms with Crippen LogP contribution in [0.2, 0.25) is 0 Å². The van der Waals surface area contributed by atoms with Gasteiger partial charge in [-0.05, 0) is 42.5 Å². The fraction of sp³-hybridized carbons (Fsp3) is 0. The van der Waals surface area contributed by atoms with Gasteiger partial charge in [-0.2, -0.15) is 0 Å². The van der Waals surface area contributed by atoms with Gasteiger partial charge in [0.25, 0.3) is 10.0 Å². The number of rotatable bonds is 5. The summed E-state index contributed by atoms with van der Waals surface area (Å²) in [6, 6.07) is 24.5. The molecule has 0 aliphatic heterocycles. The normalized spacial score (nSPS) is 11.3. The SMILES string of the molecule is O=S(=O)(Nc1cccc(-c2nnc(-c3ccccc3)o2)c1)c1ccccc1. The van der Waals surface area contributed by atoms with Crippen molar-refractivity contribution in [2.45, 2.75) is 4.90 Å². The fourth-order valence-electron chi connectivity index (χ4n) is 2.57. The number of hydrogen-bond acceptors (Lipinski definition) is 5. The number of aromatic nitrogens is 2. The number of benzene rings is 3. The van der Waals surface area contributed by atoms with E-state index < -0.39 is 10.0 Å². The summed E-state index contributed by atoms with van der Waals surface area (Å²) < 4.78 is 33.2. The van der Waals surface area contributed by atoms with Gasteiger partial charge in [-0.3, -0.25) is 4.72 Å². The standard InChI is InChI=1S/C20H15N3O3S/c24-27(25,18-12-5-2-6-13-18)23-17-11-7-10-16(14-17)20-22-21-19(26-20)15-8-3-1-4-9-15/h1-14,23H. The van der Waals surface area contributed by atoms with Crippen molar-refractivity contribution in [1.29, 1.82) is 0 Å². The second-order valence-corrected chi connectivity index (χ2v) is 7.46. The van der Waals surface area contributed by atoms with Gasteiger partial charge in [0.1, 0.15) is 0 Å². The minimum atomic E-state index is -3.67. The molecule has 0 fully saturated rings. The van der Waals surface area contributed by atoms with E-state index in [9.17, 15) is 8.42 Å². The van der Waals surface area contributed by atoms with Gasteiger partial charge in [-0.1, -0.05) is 42.5 Å². The van der Waals surface area contributed by atoms with E-state index in [0.717, 1.165) is 5.56 Å². The largest absolute Gasteiger partial charge is 0.416 e. The highest BCUT2D eigenvalue weighted by atomic mass is 32.2. The third-order valence-electron chi connectivity index (χ3n) is 3.86. The topological polar surface area (TPSA) is 85.1 Å². The van der Waals surface area contributed by atoms with Crippen LogP contribution in [0, 0.1) is 0 Å². The van der Waals surface area contributed by atoms with Gasteiger partial charge in [0.15, 0.2) is 0 Å². The molecular formula is C20H15N3O3S. The van der Waals surface area contributed by atoms with Crippen LogP contribution < -0.4 is 4.72 Å². The number of nitrogens with one attached hydrogen (secondary N) is 1. The molecule has 1 heterocycles. The van der Waals surface area contributed by atoms with Gasteiger partial charge < -0.3 is 4.42 Å². The molecule has 1 aromatic heterocycles. The maximum absolute atomic E-state index is 12.5. The molecule has 0 aliphatic carbocycles. The van der Waals surface area contributed by atoms with E-state index in [2.05, 4.69) is 14.9 Å². The molecule has 0 saturated carbocycles. The Morgan fingerprint density at radius 2 is 1.30 bits per heavy atom. The molecule has 4 aromatic rings. The molecule has 0 bridgehead atoms. The average Bonchev–Trinajstić information content (AvgIpc) is 3.20. The van der Waals surface area contributed by atoms with E-state index >= 15 is 0 Å². The van der Waals surface area contributed by atoms with Crippen LogP contribution in [-0.4, -0.2) is 18.6 Å². The van der Waals surface area contributed by atoms with Crippen LogP contribution in [0.15, 0.2) is 94.2 Å². The van der Waals surface area contributed by atoms with Gasteiger partial charge in [0, 0.05) is 16.8 Å². The number of hydrogen-bond donors (Lipinski definition) is 1. The monoisotopic (exact) mass is 377 g/mol. The predicted molar refractivity (Wildman–Crippen MR) is 102 cm³/mol. The lowest BCUT2D eigenvalue weighted by molar-refractivity contribution is 0.584. The average molecular weight is 377 g/mol. The maximum Gasteiger partial charge on any atom is 0.261 e. The number of nitrogens with zero attached hydrogens (tertiary/aromatic N) is 2. The molecular weight excluding hydrogens is 362 g/mol. The van der Waals surface area contributed by atoms with Crippen molar-refractivity contribution in [3.05, 3.63) is 84.9 Å². The Morgan fingerprint density at radius 1 is 0.704 bits per heavy atom. The van der Waals surface area contributed by atoms with E-state index in [4.69, 9.17) is 4.42 Å². The summed E-state index contributed by atoms with van der Waals surface area (Å²) in [6.07, 6.45) is 0. The van der Waals surface area contributed by atoms with Crippen LogP contribution >= 0.6 is 0 Å². The fourth-order valence-corrected chi connectivity index (χ4v) is 3.64. The Bertz CT molecular complexity index is 1160. The van der Waals surface area contributed by atoms with Gasteiger partial charge in [-0.25, -0.2) is 8.42 Å². The number of anilines is 1. The van der Waals surface area contributed by atoms with Crippen molar-refractivity contribution in [1.82, 2.24) is 10.2 Å². The van der Waals surface area contributed by atoms with Crippen molar-refractivity contribution in [3.63, 3.8) is 0 Å². The molecule has 0 atom stereocenters. The second kappa shape index (κ2) is 7.05. The minimum Gasteiger partial charge on any atom is -0.416 e. The molecule has 7 heteroatoms. The van der Waals surface area contributed by atoms with Crippen molar-refractivity contribution >= 4 is 15.7 Å². The molecule has 27 heavy (non-hydrogen) atoms. The quantitative estimate of drug-likeness (QED) is 0.563. The summed E-state index contributed by atoms with van der Waals surface area (Å²) in [6.45, 7) is 0. The second-order valence-electron chi connectivity index (χ2n) is 5.78. The molecule has 4 rings (SSSR count). The Morgan fingerprint density at radius 3 is 2.00 bits per heavy atom. The molecule has 0 saturated heterocycles. The van der Waals surface area contributed by atoms with E-state index in [1.54, 1.807) is 42.5 Å². The molecule has 0 radical (unpaired) electrons. The molecule has 3 aromatic carbocycles. The molecule has 0 amide bonds. The summed E-state index contributed by atoms with van der Waals surface area (Å²) >= 11 is 0. The molecule has 1 N–H and O–H groups in total. The third-order valence-corrected chi connectivity index (χ3v) is 5.26. The van der Waals surface area contributed by atoms with Gasteiger partial charge in [-0.15, -0.1) is 10.2 Å². The van der Waals surface area contributed by atoms with Gasteiger partial charge >= 0.3 is 0 Å². The zero-order valence-corrected chi connectivity index (χ0v) is 14.9. The van der Waals surface area contributed by atoms with Crippen LogP contribution in [0.5, 0.6) is 0 Å². The van der Waals surface area contributed by atoms with E-state index in [1.807, 2.05) is 30.3 Å². The molecule has 6 nitrogen and oxygen atoms in total. The first kappa shape index (κ1) is 17.0. The first-order valence-corrected chi connectivity index (χ1v) is 9.67. The first-order chi connectivity index (χ1) is 13.1. The van der Waals surface area contributed by atoms with Crippen LogP contribution in [0.4, 0.5) is 5.69 Å². The maximum atomic E-state index is 12.5. The van der Waals surface area contributed by atoms with Crippen LogP contribution in [0.25, 0.3) is 22.9 Å². The number of sulfonamides is 1. The Hall–Kier alpha value is -3.45. The molecule has 0 aliphatic rings. The molecule has 0 unspecified atom stereocenters. The lowest BCUT2D eigenvalue weighted by Gasteiger charge is -2.08. The van der Waals surface area contributed by atoms with E-state index in [0.29, 0.717) is 23.0 Å². The Balaban J connectivity index is 1.61. The summed E-state index contributed by atoms with van der Waals surface area (Å²) in [5, 5.41) is 8.12. The Kier molecular flexibility index (Phi) is 4.43.